The number of anilines is 2. The summed E-state index contributed by atoms with van der Waals surface area (Å²) >= 11 is 1.40. The third kappa shape index (κ3) is 3.11. The molecule has 1 heterocycles. The molecule has 0 spiro atoms. The zero-order valence-corrected chi connectivity index (χ0v) is 10.1. The SMILES string of the molecule is CC(CNc1cc(N)c(C#N)s1)N(C)C. The average molecular weight is 224 g/mol. The van der Waals surface area contributed by atoms with E-state index in [2.05, 4.69) is 23.2 Å². The van der Waals surface area contributed by atoms with Crippen LogP contribution in [0, 0.1) is 11.3 Å². The highest BCUT2D eigenvalue weighted by Gasteiger charge is 2.07. The number of thiophene rings is 1. The van der Waals surface area contributed by atoms with Gasteiger partial charge in [-0.2, -0.15) is 5.26 Å². The van der Waals surface area contributed by atoms with E-state index in [0.717, 1.165) is 11.5 Å². The lowest BCUT2D eigenvalue weighted by Gasteiger charge is -2.19. The van der Waals surface area contributed by atoms with Gasteiger partial charge in [-0.1, -0.05) is 0 Å². The van der Waals surface area contributed by atoms with Crippen LogP contribution in [0.15, 0.2) is 6.07 Å². The van der Waals surface area contributed by atoms with Crippen molar-refractivity contribution in [1.29, 1.82) is 5.26 Å². The van der Waals surface area contributed by atoms with E-state index in [9.17, 15) is 0 Å². The molecule has 1 aromatic rings. The topological polar surface area (TPSA) is 65.1 Å². The van der Waals surface area contributed by atoms with Gasteiger partial charge in [0.25, 0.3) is 0 Å². The predicted molar refractivity (Wildman–Crippen MR) is 65.1 cm³/mol. The Morgan fingerprint density at radius 2 is 2.33 bits per heavy atom. The summed E-state index contributed by atoms with van der Waals surface area (Å²) in [5.41, 5.74) is 6.21. The second kappa shape index (κ2) is 5.01. The molecule has 1 aromatic heterocycles. The Labute approximate surface area is 94.3 Å². The highest BCUT2D eigenvalue weighted by atomic mass is 32.1. The van der Waals surface area contributed by atoms with E-state index in [1.165, 1.54) is 11.3 Å². The monoisotopic (exact) mass is 224 g/mol. The van der Waals surface area contributed by atoms with Gasteiger partial charge in [0.2, 0.25) is 0 Å². The number of likely N-dealkylation sites (N-methyl/N-ethyl adjacent to an activating group) is 1. The normalized spacial score (nSPS) is 12.5. The maximum absolute atomic E-state index is 8.74. The van der Waals surface area contributed by atoms with Crippen LogP contribution in [-0.2, 0) is 0 Å². The van der Waals surface area contributed by atoms with E-state index < -0.39 is 0 Å². The van der Waals surface area contributed by atoms with E-state index in [4.69, 9.17) is 11.0 Å². The standard InChI is InChI=1S/C10H16N4S/c1-7(14(2)3)6-13-10-4-8(12)9(5-11)15-10/h4,7,13H,6,12H2,1-3H3. The summed E-state index contributed by atoms with van der Waals surface area (Å²) in [4.78, 5) is 2.71. The highest BCUT2D eigenvalue weighted by Crippen LogP contribution is 2.28. The highest BCUT2D eigenvalue weighted by molar-refractivity contribution is 7.17. The van der Waals surface area contributed by atoms with Crippen LogP contribution in [0.5, 0.6) is 0 Å². The molecule has 1 unspecified atom stereocenters. The fourth-order valence-corrected chi connectivity index (χ4v) is 1.79. The number of nitriles is 1. The fraction of sp³-hybridized carbons (Fsp3) is 0.500. The van der Waals surface area contributed by atoms with E-state index >= 15 is 0 Å². The summed E-state index contributed by atoms with van der Waals surface area (Å²) in [6.45, 7) is 2.98. The first-order chi connectivity index (χ1) is 7.04. The van der Waals surface area contributed by atoms with E-state index in [1.54, 1.807) is 0 Å². The van der Waals surface area contributed by atoms with Crippen molar-refractivity contribution in [2.24, 2.45) is 0 Å². The Bertz CT molecular complexity index is 364. The molecule has 0 aliphatic heterocycles. The number of rotatable bonds is 4. The number of nitrogens with zero attached hydrogens (tertiary/aromatic N) is 2. The van der Waals surface area contributed by atoms with Gasteiger partial charge in [0.1, 0.15) is 10.9 Å². The first-order valence-electron chi connectivity index (χ1n) is 4.74. The molecule has 82 valence electrons. The number of nitrogens with two attached hydrogens (primary N) is 1. The van der Waals surface area contributed by atoms with Gasteiger partial charge in [-0.3, -0.25) is 0 Å². The number of nitrogens with one attached hydrogen (secondary N) is 1. The first kappa shape index (κ1) is 11.8. The Morgan fingerprint density at radius 1 is 1.67 bits per heavy atom. The molecular formula is C10H16N4S. The summed E-state index contributed by atoms with van der Waals surface area (Å²) in [5.74, 6) is 0. The minimum absolute atomic E-state index is 0.443. The lowest BCUT2D eigenvalue weighted by atomic mass is 10.3. The van der Waals surface area contributed by atoms with Crippen LogP contribution in [-0.4, -0.2) is 31.6 Å². The molecule has 3 N–H and O–H groups in total. The Balaban J connectivity index is 2.55. The Hall–Kier alpha value is -1.25. The van der Waals surface area contributed by atoms with Crippen molar-refractivity contribution in [1.82, 2.24) is 4.90 Å². The van der Waals surface area contributed by atoms with Gasteiger partial charge in [0.05, 0.1) is 10.7 Å². The molecule has 1 rings (SSSR count). The van der Waals surface area contributed by atoms with Gasteiger partial charge in [-0.25, -0.2) is 0 Å². The molecule has 0 fully saturated rings. The van der Waals surface area contributed by atoms with Crippen LogP contribution in [0.3, 0.4) is 0 Å². The Morgan fingerprint density at radius 3 is 2.80 bits per heavy atom. The predicted octanol–water partition coefficient (Wildman–Crippen LogP) is 1.56. The maximum atomic E-state index is 8.74. The summed E-state index contributed by atoms with van der Waals surface area (Å²) < 4.78 is 0. The van der Waals surface area contributed by atoms with Crippen molar-refractivity contribution in [3.8, 4) is 6.07 Å². The number of hydrogen-bond donors (Lipinski definition) is 2. The zero-order valence-electron chi connectivity index (χ0n) is 9.24. The van der Waals surface area contributed by atoms with Gasteiger partial charge < -0.3 is 16.0 Å². The second-order valence-electron chi connectivity index (χ2n) is 3.70. The van der Waals surface area contributed by atoms with Crippen molar-refractivity contribution in [3.05, 3.63) is 10.9 Å². The number of nitrogen functional groups attached to an aromatic ring is 1. The van der Waals surface area contributed by atoms with Gasteiger partial charge >= 0.3 is 0 Å². The first-order valence-corrected chi connectivity index (χ1v) is 5.56. The molecule has 5 heteroatoms. The smallest absolute Gasteiger partial charge is 0.129 e. The van der Waals surface area contributed by atoms with Crippen molar-refractivity contribution < 1.29 is 0 Å². The zero-order chi connectivity index (χ0) is 11.4. The van der Waals surface area contributed by atoms with E-state index in [1.807, 2.05) is 20.2 Å². The molecule has 0 saturated heterocycles. The largest absolute Gasteiger partial charge is 0.397 e. The molecule has 0 aromatic carbocycles. The summed E-state index contributed by atoms with van der Waals surface area (Å²) in [6, 6.07) is 4.32. The molecule has 0 aliphatic rings. The third-order valence-electron chi connectivity index (χ3n) is 2.32. The van der Waals surface area contributed by atoms with Crippen molar-refractivity contribution in [2.75, 3.05) is 31.7 Å². The molecular weight excluding hydrogens is 208 g/mol. The molecule has 1 atom stereocenters. The molecule has 0 aliphatic carbocycles. The van der Waals surface area contributed by atoms with Crippen molar-refractivity contribution in [2.45, 2.75) is 13.0 Å². The molecule has 0 radical (unpaired) electrons. The molecule has 15 heavy (non-hydrogen) atoms. The molecule has 0 saturated carbocycles. The lowest BCUT2D eigenvalue weighted by molar-refractivity contribution is 0.326. The van der Waals surface area contributed by atoms with E-state index in [0.29, 0.717) is 16.6 Å². The van der Waals surface area contributed by atoms with Crippen LogP contribution in [0.4, 0.5) is 10.7 Å². The lowest BCUT2D eigenvalue weighted by Crippen LogP contribution is -2.31. The van der Waals surface area contributed by atoms with Crippen LogP contribution in [0.2, 0.25) is 0 Å². The second-order valence-corrected chi connectivity index (χ2v) is 4.75. The maximum Gasteiger partial charge on any atom is 0.129 e. The van der Waals surface area contributed by atoms with Crippen LogP contribution < -0.4 is 11.1 Å². The van der Waals surface area contributed by atoms with Crippen LogP contribution in [0.1, 0.15) is 11.8 Å². The number of hydrogen-bond acceptors (Lipinski definition) is 5. The summed E-state index contributed by atoms with van der Waals surface area (Å²) in [5, 5.41) is 13.0. The van der Waals surface area contributed by atoms with Gasteiger partial charge in [-0.15, -0.1) is 11.3 Å². The minimum Gasteiger partial charge on any atom is -0.397 e. The van der Waals surface area contributed by atoms with Crippen molar-refractivity contribution in [3.63, 3.8) is 0 Å². The van der Waals surface area contributed by atoms with Crippen LogP contribution >= 0.6 is 11.3 Å². The summed E-state index contributed by atoms with van der Waals surface area (Å²) in [7, 11) is 4.08. The quantitative estimate of drug-likeness (QED) is 0.814. The van der Waals surface area contributed by atoms with Crippen LogP contribution in [0.25, 0.3) is 0 Å². The third-order valence-corrected chi connectivity index (χ3v) is 3.33. The van der Waals surface area contributed by atoms with E-state index in [-0.39, 0.29) is 0 Å². The summed E-state index contributed by atoms with van der Waals surface area (Å²) in [6.07, 6.45) is 0. The van der Waals surface area contributed by atoms with Gasteiger partial charge in [0.15, 0.2) is 0 Å². The van der Waals surface area contributed by atoms with Gasteiger partial charge in [0, 0.05) is 12.6 Å². The van der Waals surface area contributed by atoms with Gasteiger partial charge in [-0.05, 0) is 27.1 Å². The average Bonchev–Trinajstić information content (AvgIpc) is 2.55. The Kier molecular flexibility index (Phi) is 3.95. The molecule has 0 bridgehead atoms. The fourth-order valence-electron chi connectivity index (χ4n) is 1.01. The molecule has 4 nitrogen and oxygen atoms in total. The molecule has 0 amide bonds. The minimum atomic E-state index is 0.443. The van der Waals surface area contributed by atoms with Crippen molar-refractivity contribution >= 4 is 22.0 Å².